The van der Waals surface area contributed by atoms with E-state index in [-0.39, 0.29) is 12.6 Å². The Hall–Kier alpha value is -0.650. The molecular formula is C13H25NO4. The minimum atomic E-state index is -0.624. The molecule has 18 heavy (non-hydrogen) atoms. The molecule has 5 heteroatoms. The Morgan fingerprint density at radius 1 is 1.44 bits per heavy atom. The second-order valence-electron chi connectivity index (χ2n) is 5.05. The second kappa shape index (κ2) is 8.45. The molecule has 5 nitrogen and oxygen atoms in total. The van der Waals surface area contributed by atoms with Gasteiger partial charge in [-0.3, -0.25) is 4.79 Å². The number of hydrogen-bond acceptors (Lipinski definition) is 5. The Labute approximate surface area is 109 Å². The van der Waals surface area contributed by atoms with E-state index in [0.717, 1.165) is 38.8 Å². The van der Waals surface area contributed by atoms with Gasteiger partial charge in [-0.1, -0.05) is 0 Å². The summed E-state index contributed by atoms with van der Waals surface area (Å²) in [5, 5.41) is 18.2. The first-order valence-corrected chi connectivity index (χ1v) is 6.73. The smallest absolute Gasteiger partial charge is 0.305 e. The lowest BCUT2D eigenvalue weighted by Gasteiger charge is -2.32. The fourth-order valence-electron chi connectivity index (χ4n) is 2.45. The van der Waals surface area contributed by atoms with Crippen LogP contribution >= 0.6 is 0 Å². The molecule has 1 heterocycles. The normalized spacial score (nSPS) is 19.7. The second-order valence-corrected chi connectivity index (χ2v) is 5.05. The van der Waals surface area contributed by atoms with Gasteiger partial charge in [0.2, 0.25) is 0 Å². The number of nitrogens with zero attached hydrogens (tertiary/aromatic N) is 1. The zero-order valence-electron chi connectivity index (χ0n) is 11.2. The predicted octanol–water partition coefficient (Wildman–Crippen LogP) is 0.395. The number of aliphatic hydroxyl groups excluding tert-OH is 2. The minimum absolute atomic E-state index is 0.126. The molecule has 0 aromatic carbocycles. The number of ether oxygens (including phenoxy) is 1. The molecule has 1 rings (SSSR count). The third-order valence-corrected chi connectivity index (χ3v) is 3.61. The zero-order valence-corrected chi connectivity index (χ0v) is 11.2. The molecular weight excluding hydrogens is 234 g/mol. The molecule has 0 amide bonds. The largest absolute Gasteiger partial charge is 0.469 e. The van der Waals surface area contributed by atoms with Crippen molar-refractivity contribution >= 4 is 5.97 Å². The first-order valence-electron chi connectivity index (χ1n) is 6.73. The van der Waals surface area contributed by atoms with E-state index in [9.17, 15) is 9.90 Å². The van der Waals surface area contributed by atoms with Crippen molar-refractivity contribution in [3.05, 3.63) is 0 Å². The monoisotopic (exact) mass is 259 g/mol. The standard InChI is InChI=1S/C13H25NO4/c1-18-13(17)4-2-3-11-5-7-14(8-6-11)9-12(16)10-15/h11-12,15-16H,2-10H2,1H3. The summed E-state index contributed by atoms with van der Waals surface area (Å²) in [4.78, 5) is 13.2. The van der Waals surface area contributed by atoms with E-state index >= 15 is 0 Å². The van der Waals surface area contributed by atoms with Crippen LogP contribution in [0.5, 0.6) is 0 Å². The third-order valence-electron chi connectivity index (χ3n) is 3.61. The van der Waals surface area contributed by atoms with Gasteiger partial charge in [0.25, 0.3) is 0 Å². The molecule has 2 N–H and O–H groups in total. The molecule has 1 unspecified atom stereocenters. The number of esters is 1. The zero-order chi connectivity index (χ0) is 13.4. The summed E-state index contributed by atoms with van der Waals surface area (Å²) in [5.41, 5.74) is 0. The van der Waals surface area contributed by atoms with Gasteiger partial charge in [-0.25, -0.2) is 0 Å². The van der Waals surface area contributed by atoms with Crippen molar-refractivity contribution < 1.29 is 19.7 Å². The number of rotatable bonds is 7. The minimum Gasteiger partial charge on any atom is -0.469 e. The molecule has 0 spiro atoms. The topological polar surface area (TPSA) is 70.0 Å². The van der Waals surface area contributed by atoms with E-state index in [2.05, 4.69) is 9.64 Å². The van der Waals surface area contributed by atoms with E-state index in [1.165, 1.54) is 7.11 Å². The van der Waals surface area contributed by atoms with Crippen LogP contribution in [-0.4, -0.2) is 60.5 Å². The Morgan fingerprint density at radius 2 is 2.11 bits per heavy atom. The molecule has 0 radical (unpaired) electrons. The summed E-state index contributed by atoms with van der Waals surface area (Å²) in [6.45, 7) is 2.34. The van der Waals surface area contributed by atoms with Crippen LogP contribution < -0.4 is 0 Å². The Bertz CT molecular complexity index is 239. The summed E-state index contributed by atoms with van der Waals surface area (Å²) >= 11 is 0. The molecule has 1 atom stereocenters. The fourth-order valence-corrected chi connectivity index (χ4v) is 2.45. The van der Waals surface area contributed by atoms with Gasteiger partial charge in [-0.2, -0.15) is 0 Å². The first-order chi connectivity index (χ1) is 8.65. The van der Waals surface area contributed by atoms with E-state index in [4.69, 9.17) is 5.11 Å². The highest BCUT2D eigenvalue weighted by Gasteiger charge is 2.20. The highest BCUT2D eigenvalue weighted by Crippen LogP contribution is 2.22. The molecule has 0 aliphatic carbocycles. The molecule has 1 fully saturated rings. The number of carbonyl (C=O) groups is 1. The van der Waals surface area contributed by atoms with Crippen molar-refractivity contribution in [1.29, 1.82) is 0 Å². The quantitative estimate of drug-likeness (QED) is 0.647. The lowest BCUT2D eigenvalue weighted by Crippen LogP contribution is -2.39. The van der Waals surface area contributed by atoms with Crippen LogP contribution in [0.4, 0.5) is 0 Å². The van der Waals surface area contributed by atoms with E-state index in [0.29, 0.717) is 18.9 Å². The number of piperidine rings is 1. The van der Waals surface area contributed by atoms with Crippen LogP contribution in [0.3, 0.4) is 0 Å². The average Bonchev–Trinajstić information content (AvgIpc) is 2.40. The van der Waals surface area contributed by atoms with E-state index in [1.54, 1.807) is 0 Å². The van der Waals surface area contributed by atoms with Crippen LogP contribution in [0.15, 0.2) is 0 Å². The fraction of sp³-hybridized carbons (Fsp3) is 0.923. The van der Waals surface area contributed by atoms with Crippen LogP contribution in [-0.2, 0) is 9.53 Å². The van der Waals surface area contributed by atoms with Gasteiger partial charge in [0.05, 0.1) is 19.8 Å². The summed E-state index contributed by atoms with van der Waals surface area (Å²) in [6, 6.07) is 0. The van der Waals surface area contributed by atoms with Crippen molar-refractivity contribution in [2.45, 2.75) is 38.2 Å². The molecule has 106 valence electrons. The van der Waals surface area contributed by atoms with Crippen LogP contribution in [0.25, 0.3) is 0 Å². The Morgan fingerprint density at radius 3 is 2.67 bits per heavy atom. The average molecular weight is 259 g/mol. The molecule has 0 aromatic heterocycles. The third kappa shape index (κ3) is 5.80. The van der Waals surface area contributed by atoms with Gasteiger partial charge in [0.1, 0.15) is 0 Å². The highest BCUT2D eigenvalue weighted by atomic mass is 16.5. The van der Waals surface area contributed by atoms with Crippen molar-refractivity contribution in [1.82, 2.24) is 4.90 Å². The van der Waals surface area contributed by atoms with Gasteiger partial charge in [-0.05, 0) is 44.7 Å². The maximum Gasteiger partial charge on any atom is 0.305 e. The molecule has 1 aliphatic heterocycles. The number of methoxy groups -OCH3 is 1. The molecule has 0 bridgehead atoms. The van der Waals surface area contributed by atoms with Crippen LogP contribution in [0.1, 0.15) is 32.1 Å². The Kier molecular flexibility index (Phi) is 7.23. The van der Waals surface area contributed by atoms with E-state index in [1.807, 2.05) is 0 Å². The molecule has 0 aromatic rings. The van der Waals surface area contributed by atoms with Crippen molar-refractivity contribution in [3.8, 4) is 0 Å². The number of carbonyl (C=O) groups excluding carboxylic acids is 1. The maximum absolute atomic E-state index is 11.0. The highest BCUT2D eigenvalue weighted by molar-refractivity contribution is 5.68. The predicted molar refractivity (Wildman–Crippen MR) is 68.1 cm³/mol. The van der Waals surface area contributed by atoms with E-state index < -0.39 is 6.10 Å². The van der Waals surface area contributed by atoms with Gasteiger partial charge in [-0.15, -0.1) is 0 Å². The molecule has 1 aliphatic rings. The van der Waals surface area contributed by atoms with Crippen LogP contribution in [0.2, 0.25) is 0 Å². The van der Waals surface area contributed by atoms with Crippen molar-refractivity contribution in [3.63, 3.8) is 0 Å². The molecule has 1 saturated heterocycles. The first kappa shape index (κ1) is 15.4. The van der Waals surface area contributed by atoms with Crippen molar-refractivity contribution in [2.75, 3.05) is 33.4 Å². The number of hydrogen-bond donors (Lipinski definition) is 2. The maximum atomic E-state index is 11.0. The van der Waals surface area contributed by atoms with Gasteiger partial charge in [0, 0.05) is 13.0 Å². The SMILES string of the molecule is COC(=O)CCCC1CCN(CC(O)CO)CC1. The lowest BCUT2D eigenvalue weighted by atomic mass is 9.91. The van der Waals surface area contributed by atoms with Crippen LogP contribution in [0, 0.1) is 5.92 Å². The van der Waals surface area contributed by atoms with Crippen molar-refractivity contribution in [2.24, 2.45) is 5.92 Å². The Balaban J connectivity index is 2.10. The summed E-state index contributed by atoms with van der Waals surface area (Å²) < 4.78 is 4.61. The number of β-amino-alcohol motifs (C(OH)–C–C–N with tert-alkyl or cyclic N) is 1. The molecule has 0 saturated carbocycles. The van der Waals surface area contributed by atoms with Gasteiger partial charge < -0.3 is 19.8 Å². The number of likely N-dealkylation sites (tertiary alicyclic amines) is 1. The summed E-state index contributed by atoms with van der Waals surface area (Å²) in [6.07, 6.45) is 4.08. The number of aliphatic hydroxyl groups is 2. The van der Waals surface area contributed by atoms with Gasteiger partial charge in [0.15, 0.2) is 0 Å². The van der Waals surface area contributed by atoms with Gasteiger partial charge >= 0.3 is 5.97 Å². The summed E-state index contributed by atoms with van der Waals surface area (Å²) in [5.74, 6) is 0.552. The lowest BCUT2D eigenvalue weighted by molar-refractivity contribution is -0.140. The summed E-state index contributed by atoms with van der Waals surface area (Å²) in [7, 11) is 1.42.